The summed E-state index contributed by atoms with van der Waals surface area (Å²) >= 11 is 0. The van der Waals surface area contributed by atoms with Gasteiger partial charge in [0.05, 0.1) is 17.2 Å². The van der Waals surface area contributed by atoms with Crippen molar-refractivity contribution in [3.05, 3.63) is 54.5 Å². The van der Waals surface area contributed by atoms with Crippen molar-refractivity contribution in [3.63, 3.8) is 0 Å². The Labute approximate surface area is 229 Å². The van der Waals surface area contributed by atoms with Crippen LogP contribution in [0.5, 0.6) is 0 Å². The van der Waals surface area contributed by atoms with E-state index in [4.69, 9.17) is 0 Å². The minimum absolute atomic E-state index is 0.00230. The lowest BCUT2D eigenvalue weighted by molar-refractivity contribution is -0.162. The van der Waals surface area contributed by atoms with Crippen LogP contribution in [0.3, 0.4) is 0 Å². The third-order valence-electron chi connectivity index (χ3n) is 7.67. The molecule has 0 radical (unpaired) electrons. The van der Waals surface area contributed by atoms with Gasteiger partial charge in [-0.3, -0.25) is 14.4 Å². The van der Waals surface area contributed by atoms with Gasteiger partial charge >= 0.3 is 6.18 Å². The molecular weight excluding hydrogens is 521 g/mol. The number of carbonyl (C=O) groups is 1. The molecule has 1 aliphatic carbocycles. The lowest BCUT2D eigenvalue weighted by atomic mass is 10.1. The normalized spacial score (nSPS) is 17.4. The van der Waals surface area contributed by atoms with E-state index in [1.54, 1.807) is 6.20 Å². The number of nitrogens with one attached hydrogen (secondary N) is 2. The third-order valence-corrected chi connectivity index (χ3v) is 7.67. The monoisotopic (exact) mass is 552 g/mol. The van der Waals surface area contributed by atoms with Gasteiger partial charge < -0.3 is 15.2 Å². The van der Waals surface area contributed by atoms with Crippen LogP contribution in [0.15, 0.2) is 48.9 Å². The number of fused-ring (bicyclic) bond motifs is 1. The Kier molecular flexibility index (Phi) is 6.95. The molecule has 210 valence electrons. The molecule has 2 aliphatic rings. The number of benzene rings is 1. The highest BCUT2D eigenvalue weighted by molar-refractivity contribution is 5.83. The first-order valence-corrected chi connectivity index (χ1v) is 13.5. The quantitative estimate of drug-likeness (QED) is 0.315. The zero-order chi connectivity index (χ0) is 27.9. The topological polar surface area (TPSA) is 95.0 Å². The van der Waals surface area contributed by atoms with Crippen LogP contribution in [-0.4, -0.2) is 72.8 Å². The van der Waals surface area contributed by atoms with E-state index in [0.717, 1.165) is 40.2 Å². The van der Waals surface area contributed by atoms with E-state index in [9.17, 15) is 18.0 Å². The molecule has 1 aromatic carbocycles. The Hall–Kier alpha value is -3.93. The van der Waals surface area contributed by atoms with Crippen LogP contribution in [0.4, 0.5) is 24.9 Å². The predicted octanol–water partition coefficient (Wildman–Crippen LogP) is 5.13. The van der Waals surface area contributed by atoms with E-state index < -0.39 is 18.5 Å². The summed E-state index contributed by atoms with van der Waals surface area (Å²) in [6, 6.07) is 9.96. The molecule has 4 heterocycles. The van der Waals surface area contributed by atoms with E-state index in [-0.39, 0.29) is 19.1 Å². The summed E-state index contributed by atoms with van der Waals surface area (Å²) in [7, 11) is 0. The van der Waals surface area contributed by atoms with E-state index in [1.807, 2.05) is 42.1 Å². The highest BCUT2D eigenvalue weighted by atomic mass is 19.4. The predicted molar refractivity (Wildman–Crippen MR) is 145 cm³/mol. The van der Waals surface area contributed by atoms with Gasteiger partial charge in [-0.15, -0.1) is 0 Å². The van der Waals surface area contributed by atoms with Crippen LogP contribution >= 0.6 is 0 Å². The molecule has 0 unspecified atom stereocenters. The summed E-state index contributed by atoms with van der Waals surface area (Å²) in [5.41, 5.74) is 4.88. The number of anilines is 2. The second kappa shape index (κ2) is 10.6. The first-order chi connectivity index (χ1) is 19.2. The molecule has 0 spiro atoms. The van der Waals surface area contributed by atoms with E-state index in [1.165, 1.54) is 17.7 Å². The number of H-pyrrole nitrogens is 1. The van der Waals surface area contributed by atoms with Crippen LogP contribution in [0.25, 0.3) is 22.2 Å². The fourth-order valence-corrected chi connectivity index (χ4v) is 5.17. The maximum Gasteiger partial charge on any atom is 0.397 e. The van der Waals surface area contributed by atoms with Gasteiger partial charge in [0.25, 0.3) is 0 Å². The standard InChI is InChI=1S/C28H31F3N8O/c1-18(37-8-10-38(11-9-37)26(40)14-28(29,30)31)20-6-7-32-25(13-20)36-27-34-23-5-4-21(12-24(23)35-27)22-15-33-39(17-22)16-19-2-3-19/h4-7,12-13,15,17-19H,2-3,8-11,14,16H2,1H3,(H2,32,34,35,36)/t18-/m1/s1. The molecule has 2 N–H and O–H groups in total. The summed E-state index contributed by atoms with van der Waals surface area (Å²) in [6.07, 6.45) is 2.39. The van der Waals surface area contributed by atoms with Crippen LogP contribution in [-0.2, 0) is 11.3 Å². The van der Waals surface area contributed by atoms with Gasteiger partial charge in [0.1, 0.15) is 12.2 Å². The number of pyridine rings is 1. The maximum atomic E-state index is 12.6. The van der Waals surface area contributed by atoms with Crippen LogP contribution < -0.4 is 5.32 Å². The lowest BCUT2D eigenvalue weighted by Crippen LogP contribution is -2.50. The Balaban J connectivity index is 1.09. The molecule has 1 aliphatic heterocycles. The van der Waals surface area contributed by atoms with Crippen molar-refractivity contribution in [2.24, 2.45) is 5.92 Å². The van der Waals surface area contributed by atoms with E-state index in [2.05, 4.69) is 42.5 Å². The Morgan fingerprint density at radius 1 is 1.12 bits per heavy atom. The van der Waals surface area contributed by atoms with Gasteiger partial charge in [0.2, 0.25) is 11.9 Å². The Morgan fingerprint density at radius 2 is 1.93 bits per heavy atom. The lowest BCUT2D eigenvalue weighted by Gasteiger charge is -2.38. The summed E-state index contributed by atoms with van der Waals surface area (Å²) in [5, 5.41) is 7.76. The summed E-state index contributed by atoms with van der Waals surface area (Å²) in [4.78, 5) is 27.8. The number of aromatic amines is 1. The van der Waals surface area contributed by atoms with Crippen molar-refractivity contribution in [2.45, 2.75) is 44.9 Å². The first kappa shape index (κ1) is 26.3. The molecule has 12 heteroatoms. The molecular formula is C28H31F3N8O. The molecule has 1 saturated carbocycles. The van der Waals surface area contributed by atoms with Gasteiger partial charge in [-0.2, -0.15) is 18.3 Å². The van der Waals surface area contributed by atoms with E-state index in [0.29, 0.717) is 24.9 Å². The second-order valence-corrected chi connectivity index (χ2v) is 10.7. The van der Waals surface area contributed by atoms with Crippen molar-refractivity contribution in [2.75, 3.05) is 31.5 Å². The number of carbonyl (C=O) groups excluding carboxylic acids is 1. The average molecular weight is 553 g/mol. The van der Waals surface area contributed by atoms with Crippen molar-refractivity contribution in [1.29, 1.82) is 0 Å². The number of hydrogen-bond acceptors (Lipinski definition) is 6. The summed E-state index contributed by atoms with van der Waals surface area (Å²) < 4.78 is 39.8. The smallest absolute Gasteiger partial charge is 0.340 e. The SMILES string of the molecule is C[C@H](c1ccnc(Nc2nc3ccc(-c4cnn(CC5CC5)c4)cc3[nH]2)c1)N1CCN(C(=O)CC(F)(F)F)CC1. The second-order valence-electron chi connectivity index (χ2n) is 10.7. The van der Waals surface area contributed by atoms with Gasteiger partial charge in [-0.05, 0) is 61.1 Å². The number of nitrogens with zero attached hydrogens (tertiary/aromatic N) is 6. The van der Waals surface area contributed by atoms with Crippen LogP contribution in [0, 0.1) is 5.92 Å². The molecule has 4 aromatic rings. The zero-order valence-corrected chi connectivity index (χ0v) is 22.2. The van der Waals surface area contributed by atoms with E-state index >= 15 is 0 Å². The van der Waals surface area contributed by atoms with Crippen molar-refractivity contribution in [3.8, 4) is 11.1 Å². The number of amides is 1. The molecule has 6 rings (SSSR count). The maximum absolute atomic E-state index is 12.6. The largest absolute Gasteiger partial charge is 0.397 e. The first-order valence-electron chi connectivity index (χ1n) is 13.5. The summed E-state index contributed by atoms with van der Waals surface area (Å²) in [6.45, 7) is 4.57. The van der Waals surface area contributed by atoms with Crippen molar-refractivity contribution >= 4 is 28.7 Å². The minimum atomic E-state index is -4.48. The Bertz CT molecular complexity index is 1500. The number of piperazine rings is 1. The fourth-order valence-electron chi connectivity index (χ4n) is 5.17. The number of halogens is 3. The summed E-state index contributed by atoms with van der Waals surface area (Å²) in [5.74, 6) is 1.10. The van der Waals surface area contributed by atoms with Gasteiger partial charge in [-0.1, -0.05) is 6.07 Å². The number of imidazole rings is 1. The van der Waals surface area contributed by atoms with Crippen molar-refractivity contribution in [1.82, 2.24) is 34.5 Å². The highest BCUT2D eigenvalue weighted by Gasteiger charge is 2.35. The number of hydrogen-bond donors (Lipinski definition) is 2. The molecule has 9 nitrogen and oxygen atoms in total. The molecule has 40 heavy (non-hydrogen) atoms. The average Bonchev–Trinajstić information content (AvgIpc) is 3.46. The van der Waals surface area contributed by atoms with Crippen LogP contribution in [0.1, 0.15) is 37.8 Å². The van der Waals surface area contributed by atoms with Crippen LogP contribution in [0.2, 0.25) is 0 Å². The number of aromatic nitrogens is 5. The Morgan fingerprint density at radius 3 is 2.67 bits per heavy atom. The van der Waals surface area contributed by atoms with Gasteiger partial charge in [0.15, 0.2) is 0 Å². The molecule has 2 fully saturated rings. The number of alkyl halides is 3. The van der Waals surface area contributed by atoms with Gasteiger partial charge in [-0.25, -0.2) is 9.97 Å². The molecule has 1 amide bonds. The number of rotatable bonds is 8. The molecule has 0 bridgehead atoms. The molecule has 1 saturated heterocycles. The fraction of sp³-hybridized carbons (Fsp3) is 0.429. The zero-order valence-electron chi connectivity index (χ0n) is 22.2. The minimum Gasteiger partial charge on any atom is -0.340 e. The highest BCUT2D eigenvalue weighted by Crippen LogP contribution is 2.31. The molecule has 1 atom stereocenters. The van der Waals surface area contributed by atoms with Gasteiger partial charge in [0, 0.05) is 56.7 Å². The van der Waals surface area contributed by atoms with Crippen molar-refractivity contribution < 1.29 is 18.0 Å². The molecule has 3 aromatic heterocycles. The third kappa shape index (κ3) is 6.11.